The molecule has 0 radical (unpaired) electrons. The van der Waals surface area contributed by atoms with E-state index in [4.69, 9.17) is 5.73 Å². The van der Waals surface area contributed by atoms with Crippen LogP contribution in [0.1, 0.15) is 20.3 Å². The molecule has 0 amide bonds. The van der Waals surface area contributed by atoms with Crippen molar-refractivity contribution in [1.29, 1.82) is 0 Å². The van der Waals surface area contributed by atoms with Crippen molar-refractivity contribution in [2.75, 3.05) is 30.0 Å². The van der Waals surface area contributed by atoms with Crippen LogP contribution in [-0.4, -0.2) is 32.1 Å². The highest BCUT2D eigenvalue weighted by atomic mass is 32.2. The van der Waals surface area contributed by atoms with E-state index in [9.17, 15) is 8.42 Å². The summed E-state index contributed by atoms with van der Waals surface area (Å²) >= 11 is 1.14. The second kappa shape index (κ2) is 5.01. The van der Waals surface area contributed by atoms with Crippen LogP contribution >= 0.6 is 11.5 Å². The average Bonchev–Trinajstić information content (AvgIpc) is 2.61. The molecule has 0 saturated carbocycles. The largest absolute Gasteiger partial charge is 0.382 e. The van der Waals surface area contributed by atoms with E-state index in [1.807, 2.05) is 18.9 Å². The molecule has 0 unspecified atom stereocenters. The Morgan fingerprint density at radius 3 is 2.56 bits per heavy atom. The molecule has 0 bridgehead atoms. The molecule has 7 heteroatoms. The van der Waals surface area contributed by atoms with Gasteiger partial charge in [-0.25, -0.2) is 8.42 Å². The summed E-state index contributed by atoms with van der Waals surface area (Å²) in [5.74, 6) is 0.160. The average molecular weight is 263 g/mol. The van der Waals surface area contributed by atoms with Crippen molar-refractivity contribution in [2.45, 2.75) is 25.2 Å². The van der Waals surface area contributed by atoms with E-state index in [-0.39, 0.29) is 16.5 Å². The molecule has 0 aromatic carbocycles. The number of nitrogens with two attached hydrogens (primary N) is 1. The van der Waals surface area contributed by atoms with E-state index in [2.05, 4.69) is 4.37 Å². The van der Waals surface area contributed by atoms with Gasteiger partial charge in [0, 0.05) is 13.6 Å². The zero-order valence-corrected chi connectivity index (χ0v) is 11.4. The van der Waals surface area contributed by atoms with Crippen molar-refractivity contribution in [1.82, 2.24) is 4.37 Å². The first kappa shape index (κ1) is 13.2. The second-order valence-electron chi connectivity index (χ2n) is 3.53. The number of nitrogen functional groups attached to an aromatic ring is 1. The first-order chi connectivity index (χ1) is 7.44. The van der Waals surface area contributed by atoms with Gasteiger partial charge in [0.25, 0.3) is 0 Å². The molecule has 2 N–H and O–H groups in total. The Balaban J connectivity index is 3.23. The summed E-state index contributed by atoms with van der Waals surface area (Å²) in [4.78, 5) is 2.08. The van der Waals surface area contributed by atoms with Crippen molar-refractivity contribution >= 4 is 32.2 Å². The Morgan fingerprint density at radius 2 is 2.06 bits per heavy atom. The lowest BCUT2D eigenvalue weighted by molar-refractivity contribution is 0.597. The molecule has 0 aliphatic carbocycles. The SMILES string of the molecule is CCCN(C)c1snc(N)c1S(=O)(=O)CC. The van der Waals surface area contributed by atoms with Crippen LogP contribution < -0.4 is 10.6 Å². The third kappa shape index (κ3) is 2.46. The van der Waals surface area contributed by atoms with Crippen molar-refractivity contribution < 1.29 is 8.42 Å². The molecule has 1 aromatic heterocycles. The van der Waals surface area contributed by atoms with E-state index < -0.39 is 9.84 Å². The highest BCUT2D eigenvalue weighted by Crippen LogP contribution is 2.34. The molecule has 0 fully saturated rings. The topological polar surface area (TPSA) is 76.3 Å². The molecule has 1 aromatic rings. The fraction of sp³-hybridized carbons (Fsp3) is 0.667. The fourth-order valence-electron chi connectivity index (χ4n) is 1.40. The van der Waals surface area contributed by atoms with Crippen LogP contribution in [0.3, 0.4) is 0 Å². The highest BCUT2D eigenvalue weighted by Gasteiger charge is 2.25. The highest BCUT2D eigenvalue weighted by molar-refractivity contribution is 7.91. The number of nitrogens with zero attached hydrogens (tertiary/aromatic N) is 2. The monoisotopic (exact) mass is 263 g/mol. The lowest BCUT2D eigenvalue weighted by Gasteiger charge is -2.17. The summed E-state index contributed by atoms with van der Waals surface area (Å²) in [6, 6.07) is 0. The van der Waals surface area contributed by atoms with E-state index in [0.717, 1.165) is 24.5 Å². The number of hydrogen-bond donors (Lipinski definition) is 1. The van der Waals surface area contributed by atoms with Crippen LogP contribution in [0.25, 0.3) is 0 Å². The molecule has 0 saturated heterocycles. The van der Waals surface area contributed by atoms with Crippen LogP contribution in [0, 0.1) is 0 Å². The van der Waals surface area contributed by atoms with Gasteiger partial charge in [-0.3, -0.25) is 0 Å². The molecular weight excluding hydrogens is 246 g/mol. The minimum absolute atomic E-state index is 0.0442. The van der Waals surface area contributed by atoms with Gasteiger partial charge in [-0.2, -0.15) is 4.37 Å². The van der Waals surface area contributed by atoms with E-state index >= 15 is 0 Å². The van der Waals surface area contributed by atoms with Gasteiger partial charge in [0.2, 0.25) is 0 Å². The zero-order chi connectivity index (χ0) is 12.3. The van der Waals surface area contributed by atoms with E-state index in [0.29, 0.717) is 5.00 Å². The van der Waals surface area contributed by atoms with Crippen molar-refractivity contribution in [3.05, 3.63) is 0 Å². The quantitative estimate of drug-likeness (QED) is 0.868. The standard InChI is InChI=1S/C9H17N3O2S2/c1-4-6-12(3)9-7(8(10)11-15-9)16(13,14)5-2/h4-6H2,1-3H3,(H2,10,11). The summed E-state index contributed by atoms with van der Waals surface area (Å²) in [5, 5.41) is 0.640. The Labute approximate surface area is 100 Å². The maximum atomic E-state index is 11.9. The van der Waals surface area contributed by atoms with Crippen molar-refractivity contribution in [2.24, 2.45) is 0 Å². The molecule has 0 aliphatic heterocycles. The Morgan fingerprint density at radius 1 is 1.44 bits per heavy atom. The molecule has 0 spiro atoms. The molecule has 5 nitrogen and oxygen atoms in total. The van der Waals surface area contributed by atoms with Gasteiger partial charge in [-0.15, -0.1) is 0 Å². The number of aromatic nitrogens is 1. The summed E-state index contributed by atoms with van der Waals surface area (Å²) in [6.07, 6.45) is 0.944. The lowest BCUT2D eigenvalue weighted by atomic mass is 10.4. The molecule has 0 atom stereocenters. The van der Waals surface area contributed by atoms with Crippen LogP contribution in [0.5, 0.6) is 0 Å². The number of sulfone groups is 1. The Bertz CT molecular complexity index is 453. The van der Waals surface area contributed by atoms with Crippen molar-refractivity contribution in [3.63, 3.8) is 0 Å². The van der Waals surface area contributed by atoms with E-state index in [1.165, 1.54) is 0 Å². The summed E-state index contributed by atoms with van der Waals surface area (Å²) in [6.45, 7) is 4.43. The van der Waals surface area contributed by atoms with Crippen LogP contribution in [-0.2, 0) is 9.84 Å². The fourth-order valence-corrected chi connectivity index (χ4v) is 3.72. The maximum absolute atomic E-state index is 11.9. The van der Waals surface area contributed by atoms with Gasteiger partial charge < -0.3 is 10.6 Å². The van der Waals surface area contributed by atoms with Gasteiger partial charge in [-0.1, -0.05) is 13.8 Å². The first-order valence-electron chi connectivity index (χ1n) is 5.13. The number of anilines is 2. The third-order valence-electron chi connectivity index (χ3n) is 2.25. The van der Waals surface area contributed by atoms with Crippen LogP contribution in [0.15, 0.2) is 4.90 Å². The molecular formula is C9H17N3O2S2. The maximum Gasteiger partial charge on any atom is 0.184 e. The van der Waals surface area contributed by atoms with Crippen LogP contribution in [0.2, 0.25) is 0 Å². The molecule has 1 rings (SSSR count). The zero-order valence-electron chi connectivity index (χ0n) is 9.73. The second-order valence-corrected chi connectivity index (χ2v) is 6.49. The smallest absolute Gasteiger partial charge is 0.184 e. The Hall–Kier alpha value is -0.820. The molecule has 1 heterocycles. The Kier molecular flexibility index (Phi) is 4.15. The first-order valence-corrected chi connectivity index (χ1v) is 7.55. The van der Waals surface area contributed by atoms with E-state index in [1.54, 1.807) is 6.92 Å². The predicted octanol–water partition coefficient (Wildman–Crippen LogP) is 1.37. The third-order valence-corrected chi connectivity index (χ3v) is 5.14. The summed E-state index contributed by atoms with van der Waals surface area (Å²) < 4.78 is 27.7. The molecule has 0 aliphatic rings. The normalized spacial score (nSPS) is 11.7. The van der Waals surface area contributed by atoms with Crippen LogP contribution in [0.4, 0.5) is 10.8 Å². The van der Waals surface area contributed by atoms with Gasteiger partial charge in [-0.05, 0) is 18.0 Å². The summed E-state index contributed by atoms with van der Waals surface area (Å²) in [7, 11) is -1.45. The van der Waals surface area contributed by atoms with Gasteiger partial charge in [0.15, 0.2) is 15.7 Å². The minimum Gasteiger partial charge on any atom is -0.382 e. The van der Waals surface area contributed by atoms with Gasteiger partial charge >= 0.3 is 0 Å². The lowest BCUT2D eigenvalue weighted by Crippen LogP contribution is -2.19. The summed E-state index contributed by atoms with van der Waals surface area (Å²) in [5.41, 5.74) is 5.63. The molecule has 92 valence electrons. The van der Waals surface area contributed by atoms with Gasteiger partial charge in [0.1, 0.15) is 9.90 Å². The number of hydrogen-bond acceptors (Lipinski definition) is 6. The number of rotatable bonds is 5. The predicted molar refractivity (Wildman–Crippen MR) is 67.8 cm³/mol. The van der Waals surface area contributed by atoms with Gasteiger partial charge in [0.05, 0.1) is 5.75 Å². The minimum atomic E-state index is -3.30. The molecule has 16 heavy (non-hydrogen) atoms. The van der Waals surface area contributed by atoms with Crippen molar-refractivity contribution in [3.8, 4) is 0 Å².